The molecule has 2 N–H and O–H groups in total. The number of nitro benzene ring substituents is 1. The van der Waals surface area contributed by atoms with E-state index in [1.54, 1.807) is 18.2 Å². The number of carbonyl (C=O) groups is 2. The third-order valence-electron chi connectivity index (χ3n) is 3.19. The van der Waals surface area contributed by atoms with Crippen molar-refractivity contribution in [1.29, 1.82) is 0 Å². The molecule has 0 atom stereocenters. The monoisotopic (exact) mass is 442 g/mol. The average molecular weight is 444 g/mol. The van der Waals surface area contributed by atoms with Crippen molar-refractivity contribution < 1.29 is 24.0 Å². The summed E-state index contributed by atoms with van der Waals surface area (Å²) in [6.07, 6.45) is 0. The van der Waals surface area contributed by atoms with Gasteiger partial charge in [0.15, 0.2) is 6.61 Å². The van der Waals surface area contributed by atoms with Gasteiger partial charge in [-0.15, -0.1) is 0 Å². The lowest BCUT2D eigenvalue weighted by atomic mass is 10.1. The molecular formula is C16H12BrClN2O6. The van der Waals surface area contributed by atoms with Crippen LogP contribution in [0.2, 0.25) is 5.02 Å². The maximum atomic E-state index is 11.8. The van der Waals surface area contributed by atoms with Crippen molar-refractivity contribution in [3.63, 3.8) is 0 Å². The van der Waals surface area contributed by atoms with Gasteiger partial charge in [-0.25, -0.2) is 4.79 Å². The fourth-order valence-electron chi connectivity index (χ4n) is 1.94. The fourth-order valence-corrected chi connectivity index (χ4v) is 2.74. The van der Waals surface area contributed by atoms with Gasteiger partial charge in [-0.05, 0) is 46.3 Å². The highest BCUT2D eigenvalue weighted by atomic mass is 79.9. The van der Waals surface area contributed by atoms with Gasteiger partial charge in [0, 0.05) is 16.7 Å². The Hall–Kier alpha value is -2.65. The third-order valence-corrected chi connectivity index (χ3v) is 4.05. The van der Waals surface area contributed by atoms with Gasteiger partial charge < -0.3 is 15.2 Å². The Morgan fingerprint density at radius 2 is 1.96 bits per heavy atom. The molecule has 0 aromatic heterocycles. The van der Waals surface area contributed by atoms with E-state index in [-0.39, 0.29) is 23.4 Å². The molecule has 0 saturated heterocycles. The number of amides is 1. The van der Waals surface area contributed by atoms with Crippen molar-refractivity contribution in [3.05, 3.63) is 67.1 Å². The quantitative estimate of drug-likeness (QED) is 0.398. The Morgan fingerprint density at radius 1 is 1.23 bits per heavy atom. The zero-order valence-electron chi connectivity index (χ0n) is 13.1. The van der Waals surface area contributed by atoms with E-state index >= 15 is 0 Å². The third kappa shape index (κ3) is 5.17. The van der Waals surface area contributed by atoms with E-state index < -0.39 is 23.4 Å². The molecule has 0 saturated carbocycles. The van der Waals surface area contributed by atoms with E-state index in [1.807, 2.05) is 0 Å². The van der Waals surface area contributed by atoms with E-state index in [0.717, 1.165) is 6.07 Å². The van der Waals surface area contributed by atoms with Gasteiger partial charge in [-0.2, -0.15) is 0 Å². The number of esters is 1. The Bertz CT molecular complexity index is 874. The second-order valence-corrected chi connectivity index (χ2v) is 6.28. The Morgan fingerprint density at radius 3 is 2.58 bits per heavy atom. The van der Waals surface area contributed by atoms with Crippen LogP contribution in [0.25, 0.3) is 0 Å². The normalized spacial score (nSPS) is 10.2. The van der Waals surface area contributed by atoms with E-state index in [4.69, 9.17) is 26.8 Å². The first-order chi connectivity index (χ1) is 12.3. The zero-order valence-corrected chi connectivity index (χ0v) is 15.5. The number of primary amides is 1. The van der Waals surface area contributed by atoms with Crippen LogP contribution in [-0.4, -0.2) is 23.4 Å². The predicted molar refractivity (Wildman–Crippen MR) is 96.1 cm³/mol. The van der Waals surface area contributed by atoms with E-state index in [2.05, 4.69) is 15.9 Å². The number of nitro groups is 1. The molecule has 2 rings (SSSR count). The molecule has 136 valence electrons. The Balaban J connectivity index is 1.98. The number of benzene rings is 2. The molecule has 0 spiro atoms. The number of rotatable bonds is 7. The highest BCUT2D eigenvalue weighted by Gasteiger charge is 2.18. The van der Waals surface area contributed by atoms with Gasteiger partial charge in [-0.3, -0.25) is 14.9 Å². The number of nitrogens with two attached hydrogens (primary N) is 1. The minimum Gasteiger partial charge on any atom is -0.481 e. The summed E-state index contributed by atoms with van der Waals surface area (Å²) >= 11 is 9.05. The summed E-state index contributed by atoms with van der Waals surface area (Å²) in [5.41, 5.74) is 4.85. The topological polar surface area (TPSA) is 122 Å². The van der Waals surface area contributed by atoms with Crippen LogP contribution in [0, 0.1) is 10.1 Å². The van der Waals surface area contributed by atoms with E-state index in [0.29, 0.717) is 15.2 Å². The lowest BCUT2D eigenvalue weighted by Crippen LogP contribution is -2.16. The van der Waals surface area contributed by atoms with Gasteiger partial charge in [0.05, 0.1) is 15.0 Å². The number of halogens is 2. The van der Waals surface area contributed by atoms with Crippen molar-refractivity contribution in [2.75, 3.05) is 6.61 Å². The van der Waals surface area contributed by atoms with Crippen LogP contribution in [0.15, 0.2) is 40.9 Å². The van der Waals surface area contributed by atoms with Crippen molar-refractivity contribution >= 4 is 45.1 Å². The standard InChI is InChI=1S/C16H12BrClN2O6/c17-12-6-11(18)3-4-14(12)25-8-15(21)26-7-10-2-1-9(16(19)22)5-13(10)20(23)24/h1-6H,7-8H2,(H2,19,22). The van der Waals surface area contributed by atoms with Crippen molar-refractivity contribution in [1.82, 2.24) is 0 Å². The van der Waals surface area contributed by atoms with Gasteiger partial charge in [0.2, 0.25) is 5.91 Å². The Kier molecular flexibility index (Phi) is 6.53. The molecule has 1 amide bonds. The second kappa shape index (κ2) is 8.63. The summed E-state index contributed by atoms with van der Waals surface area (Å²) in [6, 6.07) is 8.43. The maximum absolute atomic E-state index is 11.8. The summed E-state index contributed by atoms with van der Waals surface area (Å²) in [6.45, 7) is -0.743. The number of ether oxygens (including phenoxy) is 2. The molecule has 0 aliphatic heterocycles. The smallest absolute Gasteiger partial charge is 0.344 e. The van der Waals surface area contributed by atoms with Crippen LogP contribution in [0.4, 0.5) is 5.69 Å². The first kappa shape index (κ1) is 19.7. The molecular weight excluding hydrogens is 432 g/mol. The summed E-state index contributed by atoms with van der Waals surface area (Å²) in [4.78, 5) is 33.3. The first-order valence-corrected chi connectivity index (χ1v) is 8.25. The zero-order chi connectivity index (χ0) is 19.3. The molecule has 2 aromatic carbocycles. The number of nitrogens with zero attached hydrogens (tertiary/aromatic N) is 1. The number of hydrogen-bond donors (Lipinski definition) is 1. The fraction of sp³-hybridized carbons (Fsp3) is 0.125. The molecule has 2 aromatic rings. The van der Waals surface area contributed by atoms with Crippen LogP contribution in [-0.2, 0) is 16.1 Å². The highest BCUT2D eigenvalue weighted by Crippen LogP contribution is 2.28. The molecule has 0 fully saturated rings. The molecule has 26 heavy (non-hydrogen) atoms. The maximum Gasteiger partial charge on any atom is 0.344 e. The van der Waals surface area contributed by atoms with Crippen molar-refractivity contribution in [2.45, 2.75) is 6.61 Å². The van der Waals surface area contributed by atoms with Crippen LogP contribution < -0.4 is 10.5 Å². The van der Waals surface area contributed by atoms with Crippen molar-refractivity contribution in [2.24, 2.45) is 5.73 Å². The SMILES string of the molecule is NC(=O)c1ccc(COC(=O)COc2ccc(Cl)cc2Br)c([N+](=O)[O-])c1. The first-order valence-electron chi connectivity index (χ1n) is 7.08. The lowest BCUT2D eigenvalue weighted by molar-refractivity contribution is -0.385. The van der Waals surface area contributed by atoms with Crippen LogP contribution in [0.1, 0.15) is 15.9 Å². The molecule has 0 aliphatic carbocycles. The van der Waals surface area contributed by atoms with E-state index in [9.17, 15) is 19.7 Å². The summed E-state index contributed by atoms with van der Waals surface area (Å²) in [7, 11) is 0. The molecule has 0 aliphatic rings. The van der Waals surface area contributed by atoms with Crippen LogP contribution >= 0.6 is 27.5 Å². The van der Waals surface area contributed by atoms with Crippen molar-refractivity contribution in [3.8, 4) is 5.75 Å². The minimum atomic E-state index is -0.793. The van der Waals surface area contributed by atoms with Gasteiger partial charge in [0.1, 0.15) is 12.4 Å². The minimum absolute atomic E-state index is 0.0114. The number of hydrogen-bond acceptors (Lipinski definition) is 6. The summed E-state index contributed by atoms with van der Waals surface area (Å²) in [5, 5.41) is 11.6. The summed E-state index contributed by atoms with van der Waals surface area (Å²) < 4.78 is 10.8. The van der Waals surface area contributed by atoms with Gasteiger partial charge in [0.25, 0.3) is 5.69 Å². The predicted octanol–water partition coefficient (Wildman–Crippen LogP) is 3.23. The van der Waals surface area contributed by atoms with Gasteiger partial charge in [-0.1, -0.05) is 11.6 Å². The molecule has 10 heteroatoms. The second-order valence-electron chi connectivity index (χ2n) is 4.99. The molecule has 0 heterocycles. The van der Waals surface area contributed by atoms with Crippen LogP contribution in [0.5, 0.6) is 5.75 Å². The summed E-state index contributed by atoms with van der Waals surface area (Å²) in [5.74, 6) is -1.12. The number of carbonyl (C=O) groups excluding carboxylic acids is 2. The van der Waals surface area contributed by atoms with Gasteiger partial charge >= 0.3 is 5.97 Å². The van der Waals surface area contributed by atoms with Crippen LogP contribution in [0.3, 0.4) is 0 Å². The largest absolute Gasteiger partial charge is 0.481 e. The molecule has 0 bridgehead atoms. The highest BCUT2D eigenvalue weighted by molar-refractivity contribution is 9.10. The molecule has 8 nitrogen and oxygen atoms in total. The lowest BCUT2D eigenvalue weighted by Gasteiger charge is -2.09. The van der Waals surface area contributed by atoms with E-state index in [1.165, 1.54) is 12.1 Å². The average Bonchev–Trinajstić information content (AvgIpc) is 2.58. The molecule has 0 unspecified atom stereocenters. The molecule has 0 radical (unpaired) electrons. The Labute approximate surface area is 161 Å².